The number of piperidine rings is 1. The Labute approximate surface area is 213 Å². The highest BCUT2D eigenvalue weighted by Crippen LogP contribution is 2.36. The first kappa shape index (κ1) is 24.1. The number of anilines is 2. The summed E-state index contributed by atoms with van der Waals surface area (Å²) in [7, 11) is 3.87. The molecular weight excluding hydrogens is 448 g/mol. The first-order valence-electron chi connectivity index (χ1n) is 12.7. The minimum Gasteiger partial charge on any atom is -0.345 e. The van der Waals surface area contributed by atoms with Crippen molar-refractivity contribution >= 4 is 23.3 Å². The molecule has 5 rings (SSSR count). The summed E-state index contributed by atoms with van der Waals surface area (Å²) in [4.78, 5) is 34.2. The Morgan fingerprint density at radius 1 is 0.778 bits per heavy atom. The number of likely N-dealkylation sites (tertiary alicyclic amines) is 1. The van der Waals surface area contributed by atoms with Crippen LogP contribution in [0.1, 0.15) is 24.0 Å². The third-order valence-corrected chi connectivity index (χ3v) is 7.83. The smallest absolute Gasteiger partial charge is 0.327 e. The molecule has 3 amide bonds. The van der Waals surface area contributed by atoms with Gasteiger partial charge in [-0.2, -0.15) is 0 Å². The van der Waals surface area contributed by atoms with Crippen molar-refractivity contribution in [3.05, 3.63) is 96.1 Å². The number of para-hydroxylation sites is 1. The van der Waals surface area contributed by atoms with Gasteiger partial charge in [-0.3, -0.25) is 14.6 Å². The quantitative estimate of drug-likeness (QED) is 0.448. The average Bonchev–Trinajstić information content (AvgIpc) is 3.10. The Bertz CT molecular complexity index is 1190. The van der Waals surface area contributed by atoms with Crippen LogP contribution in [0.25, 0.3) is 0 Å². The van der Waals surface area contributed by atoms with Crippen LogP contribution in [0.2, 0.25) is 0 Å². The fourth-order valence-corrected chi connectivity index (χ4v) is 5.44. The molecule has 2 fully saturated rings. The van der Waals surface area contributed by atoms with E-state index in [1.165, 1.54) is 10.5 Å². The summed E-state index contributed by atoms with van der Waals surface area (Å²) in [5.74, 6) is -0.0288. The molecule has 0 bridgehead atoms. The van der Waals surface area contributed by atoms with Crippen LogP contribution in [0.4, 0.5) is 16.2 Å². The van der Waals surface area contributed by atoms with E-state index in [1.807, 2.05) is 48.5 Å². The third kappa shape index (κ3) is 4.61. The lowest BCUT2D eigenvalue weighted by atomic mass is 9.86. The number of carbonyl (C=O) groups excluding carboxylic acids is 2. The van der Waals surface area contributed by atoms with Crippen LogP contribution in [0.5, 0.6) is 0 Å². The Morgan fingerprint density at radius 2 is 1.36 bits per heavy atom. The van der Waals surface area contributed by atoms with E-state index in [9.17, 15) is 9.59 Å². The van der Waals surface area contributed by atoms with Crippen LogP contribution < -0.4 is 4.90 Å². The van der Waals surface area contributed by atoms with Crippen molar-refractivity contribution in [1.29, 1.82) is 0 Å². The van der Waals surface area contributed by atoms with Gasteiger partial charge in [-0.05, 0) is 54.7 Å². The van der Waals surface area contributed by atoms with Gasteiger partial charge < -0.3 is 9.80 Å². The fourth-order valence-electron chi connectivity index (χ4n) is 5.44. The minimum atomic E-state index is -0.702. The molecule has 3 aromatic carbocycles. The van der Waals surface area contributed by atoms with E-state index in [1.54, 1.807) is 11.9 Å². The van der Waals surface area contributed by atoms with Crippen molar-refractivity contribution in [2.45, 2.75) is 31.3 Å². The van der Waals surface area contributed by atoms with E-state index in [-0.39, 0.29) is 11.9 Å². The van der Waals surface area contributed by atoms with Crippen LogP contribution >= 0.6 is 0 Å². The summed E-state index contributed by atoms with van der Waals surface area (Å²) in [5, 5.41) is 0. The first-order chi connectivity index (χ1) is 17.5. The van der Waals surface area contributed by atoms with E-state index in [2.05, 4.69) is 53.2 Å². The van der Waals surface area contributed by atoms with E-state index in [0.717, 1.165) is 36.6 Å². The van der Waals surface area contributed by atoms with E-state index in [0.29, 0.717) is 25.8 Å². The number of rotatable bonds is 7. The lowest BCUT2D eigenvalue weighted by molar-refractivity contribution is -0.135. The van der Waals surface area contributed by atoms with Gasteiger partial charge >= 0.3 is 6.03 Å². The summed E-state index contributed by atoms with van der Waals surface area (Å²) in [6.45, 7) is 2.86. The predicted octanol–water partition coefficient (Wildman–Crippen LogP) is 4.93. The van der Waals surface area contributed by atoms with Crippen molar-refractivity contribution in [3.63, 3.8) is 0 Å². The molecule has 0 aliphatic carbocycles. The molecular formula is C30H34N4O2. The number of benzene rings is 3. The lowest BCUT2D eigenvalue weighted by Gasteiger charge is -2.40. The maximum absolute atomic E-state index is 13.4. The number of amides is 3. The van der Waals surface area contributed by atoms with Gasteiger partial charge in [0.25, 0.3) is 5.91 Å². The summed E-state index contributed by atoms with van der Waals surface area (Å²) < 4.78 is 0. The van der Waals surface area contributed by atoms with Crippen molar-refractivity contribution in [3.8, 4) is 0 Å². The molecule has 0 radical (unpaired) electrons. The van der Waals surface area contributed by atoms with Crippen LogP contribution in [-0.4, -0.2) is 65.9 Å². The molecule has 0 saturated carbocycles. The van der Waals surface area contributed by atoms with E-state index in [4.69, 9.17) is 0 Å². The Hall–Kier alpha value is -3.64. The fraction of sp³-hybridized carbons (Fsp3) is 0.333. The maximum atomic E-state index is 13.4. The van der Waals surface area contributed by atoms with Gasteiger partial charge in [-0.25, -0.2) is 4.79 Å². The number of imide groups is 1. The zero-order valence-electron chi connectivity index (χ0n) is 21.1. The van der Waals surface area contributed by atoms with Gasteiger partial charge in [0.2, 0.25) is 0 Å². The highest BCUT2D eigenvalue weighted by atomic mass is 16.2. The van der Waals surface area contributed by atoms with Crippen molar-refractivity contribution < 1.29 is 9.59 Å². The molecule has 0 unspecified atom stereocenters. The largest absolute Gasteiger partial charge is 0.345 e. The van der Waals surface area contributed by atoms with Crippen molar-refractivity contribution in [2.75, 3.05) is 38.6 Å². The van der Waals surface area contributed by atoms with Crippen LogP contribution in [0.15, 0.2) is 84.9 Å². The summed E-state index contributed by atoms with van der Waals surface area (Å²) in [5.41, 5.74) is 3.99. The third-order valence-electron chi connectivity index (χ3n) is 7.83. The van der Waals surface area contributed by atoms with Crippen molar-refractivity contribution in [2.24, 2.45) is 0 Å². The van der Waals surface area contributed by atoms with Crippen LogP contribution in [0, 0.1) is 0 Å². The van der Waals surface area contributed by atoms with Gasteiger partial charge in [0.15, 0.2) is 0 Å². The second kappa shape index (κ2) is 10.2. The summed E-state index contributed by atoms with van der Waals surface area (Å²) in [6.07, 6.45) is 2.03. The molecule has 1 spiro atoms. The van der Waals surface area contributed by atoms with Gasteiger partial charge in [-0.1, -0.05) is 60.7 Å². The van der Waals surface area contributed by atoms with Gasteiger partial charge in [0.05, 0.1) is 0 Å². The molecule has 2 saturated heterocycles. The first-order valence-corrected chi connectivity index (χ1v) is 12.7. The summed E-state index contributed by atoms with van der Waals surface area (Å²) >= 11 is 0. The molecule has 0 atom stereocenters. The number of carbonyl (C=O) groups is 2. The van der Waals surface area contributed by atoms with Gasteiger partial charge in [-0.15, -0.1) is 0 Å². The molecule has 2 heterocycles. The summed E-state index contributed by atoms with van der Waals surface area (Å²) in [6, 6.07) is 28.9. The Kier molecular flexibility index (Phi) is 6.79. The molecule has 2 aliphatic rings. The molecule has 0 N–H and O–H groups in total. The second-order valence-corrected chi connectivity index (χ2v) is 9.90. The van der Waals surface area contributed by atoms with Crippen LogP contribution in [-0.2, 0) is 17.8 Å². The lowest BCUT2D eigenvalue weighted by Crippen LogP contribution is -2.55. The van der Waals surface area contributed by atoms with Crippen molar-refractivity contribution in [1.82, 2.24) is 14.7 Å². The topological polar surface area (TPSA) is 47.1 Å². The molecule has 2 aliphatic heterocycles. The van der Waals surface area contributed by atoms with Gasteiger partial charge in [0.1, 0.15) is 5.54 Å². The maximum Gasteiger partial charge on any atom is 0.327 e. The van der Waals surface area contributed by atoms with Crippen LogP contribution in [0.3, 0.4) is 0 Å². The zero-order chi connectivity index (χ0) is 25.1. The molecule has 3 aromatic rings. The SMILES string of the molecule is CN(c1ccccc1)c1ccc(CN2CCC3(CC2)C(=O)N(CCc2ccccc2)C(=O)N3C)cc1. The van der Waals surface area contributed by atoms with Gasteiger partial charge in [0, 0.05) is 51.6 Å². The standard InChI is InChI=1S/C30H34N4O2/c1-31(26-11-7-4-8-12-26)27-15-13-25(14-16-27)23-33-21-18-30(19-22-33)28(35)34(29(36)32(30)2)20-17-24-9-5-3-6-10-24/h3-16H,17-23H2,1-2H3. The highest BCUT2D eigenvalue weighted by molar-refractivity contribution is 6.07. The number of hydrogen-bond acceptors (Lipinski definition) is 4. The monoisotopic (exact) mass is 482 g/mol. The molecule has 6 nitrogen and oxygen atoms in total. The Balaban J connectivity index is 1.18. The number of hydrogen-bond donors (Lipinski definition) is 0. The Morgan fingerprint density at radius 3 is 2.00 bits per heavy atom. The second-order valence-electron chi connectivity index (χ2n) is 9.90. The van der Waals surface area contributed by atoms with E-state index < -0.39 is 5.54 Å². The predicted molar refractivity (Wildman–Crippen MR) is 143 cm³/mol. The molecule has 0 aromatic heterocycles. The number of urea groups is 1. The number of likely N-dealkylation sites (N-methyl/N-ethyl adjacent to an activating group) is 1. The minimum absolute atomic E-state index is 0.0288. The molecule has 36 heavy (non-hydrogen) atoms. The zero-order valence-corrected chi connectivity index (χ0v) is 21.1. The molecule has 6 heteroatoms. The van der Waals surface area contributed by atoms with E-state index >= 15 is 0 Å². The highest BCUT2D eigenvalue weighted by Gasteiger charge is 2.56. The normalized spacial score (nSPS) is 17.7. The average molecular weight is 483 g/mol. The number of nitrogens with zero attached hydrogens (tertiary/aromatic N) is 4. The molecule has 186 valence electrons.